The Hall–Kier alpha value is -8.44. The minimum Gasteiger partial charge on any atom is -0.474 e. The molecule has 25 heteroatoms. The highest BCUT2D eigenvalue weighted by molar-refractivity contribution is 6.43. The van der Waals surface area contributed by atoms with Gasteiger partial charge in [-0.05, 0) is 84.9 Å². The van der Waals surface area contributed by atoms with Crippen LogP contribution in [0.5, 0.6) is 23.0 Å². The van der Waals surface area contributed by atoms with Gasteiger partial charge in [-0.2, -0.15) is 26.3 Å². The second-order valence-corrected chi connectivity index (χ2v) is 14.1. The van der Waals surface area contributed by atoms with E-state index < -0.39 is 57.2 Å². The molecule has 0 fully saturated rings. The Balaban J connectivity index is 0.000000304. The number of rotatable bonds is 9. The lowest BCUT2D eigenvalue weighted by molar-refractivity contribution is -0.147. The molecule has 0 aliphatic rings. The first-order valence-electron chi connectivity index (χ1n) is 19.0. The van der Waals surface area contributed by atoms with Crippen molar-refractivity contribution in [3.8, 4) is 23.0 Å². The number of aromatic nitrogens is 2. The molecule has 5 amide bonds. The van der Waals surface area contributed by atoms with Crippen LogP contribution in [-0.2, 0) is 31.5 Å². The third-order valence-corrected chi connectivity index (χ3v) is 8.93. The molecule has 2 heterocycles. The topological polar surface area (TPSA) is 253 Å². The van der Waals surface area contributed by atoms with Crippen LogP contribution in [0, 0.1) is 0 Å². The number of benzene rings is 4. The molecule has 0 bridgehead atoms. The lowest BCUT2D eigenvalue weighted by Crippen LogP contribution is -2.29. The van der Waals surface area contributed by atoms with Gasteiger partial charge >= 0.3 is 36.0 Å². The van der Waals surface area contributed by atoms with Crippen LogP contribution in [0.3, 0.4) is 0 Å². The second-order valence-electron chi connectivity index (χ2n) is 13.3. The second kappa shape index (κ2) is 25.1. The Morgan fingerprint density at radius 3 is 1.31 bits per heavy atom. The first kappa shape index (κ1) is 55.9. The van der Waals surface area contributed by atoms with Crippen molar-refractivity contribution >= 4 is 81.5 Å². The van der Waals surface area contributed by atoms with E-state index in [1.54, 1.807) is 60.9 Å². The van der Waals surface area contributed by atoms with Crippen molar-refractivity contribution in [2.75, 3.05) is 35.8 Å². The Morgan fingerprint density at radius 2 is 0.943 bits per heavy atom. The molecule has 0 saturated heterocycles. The summed E-state index contributed by atoms with van der Waals surface area (Å²) in [6.45, 7) is 0. The van der Waals surface area contributed by atoms with Gasteiger partial charge in [0.15, 0.2) is 0 Å². The largest absolute Gasteiger partial charge is 0.474 e. The van der Waals surface area contributed by atoms with Crippen LogP contribution < -0.4 is 41.8 Å². The third-order valence-electron chi connectivity index (χ3n) is 8.27. The van der Waals surface area contributed by atoms with Crippen molar-refractivity contribution in [1.82, 2.24) is 20.6 Å². The molecule has 0 aliphatic heterocycles. The van der Waals surface area contributed by atoms with E-state index in [4.69, 9.17) is 43.5 Å². The van der Waals surface area contributed by atoms with E-state index in [1.165, 1.54) is 43.7 Å². The smallest absolute Gasteiger partial charge is 0.417 e. The van der Waals surface area contributed by atoms with Crippen molar-refractivity contribution in [3.05, 3.63) is 154 Å². The highest BCUT2D eigenvalue weighted by Gasteiger charge is 2.34. The summed E-state index contributed by atoms with van der Waals surface area (Å²) in [6.07, 6.45) is -6.57. The number of hydrogen-bond donors (Lipinski definition) is 7. The number of nitrogens with zero attached hydrogens (tertiary/aromatic N) is 2. The Labute approximate surface area is 403 Å². The van der Waals surface area contributed by atoms with Gasteiger partial charge in [0.1, 0.15) is 34.4 Å². The van der Waals surface area contributed by atoms with Crippen molar-refractivity contribution in [2.24, 2.45) is 0 Å². The summed E-state index contributed by atoms with van der Waals surface area (Å²) in [7, 11) is 3.03. The summed E-state index contributed by atoms with van der Waals surface area (Å²) in [4.78, 5) is 76.1. The van der Waals surface area contributed by atoms with Gasteiger partial charge < -0.3 is 46.9 Å². The molecule has 70 heavy (non-hydrogen) atoms. The van der Waals surface area contributed by atoms with Crippen LogP contribution in [0.4, 0.5) is 49.1 Å². The van der Waals surface area contributed by atoms with Crippen LogP contribution in [0.1, 0.15) is 39.5 Å². The van der Waals surface area contributed by atoms with Gasteiger partial charge in [-0.15, -0.1) is 0 Å². The fraction of sp³-hybridized carbons (Fsp3) is 0.111. The summed E-state index contributed by atoms with van der Waals surface area (Å²) < 4.78 is 87.3. The zero-order valence-electron chi connectivity index (χ0n) is 35.3. The Bertz CT molecular complexity index is 2840. The number of ether oxygens (including phenoxy) is 2. The van der Waals surface area contributed by atoms with E-state index >= 15 is 0 Å². The molecular formula is C45H38Cl2F6N8O9. The number of carbonyl (C=O) groups is 6. The first-order valence-corrected chi connectivity index (χ1v) is 19.8. The van der Waals surface area contributed by atoms with Crippen LogP contribution in [0.2, 0.25) is 10.0 Å². The number of nitrogen functional groups attached to an aromatic ring is 1. The lowest BCUT2D eigenvalue weighted by atomic mass is 10.2. The standard InChI is InChI=1S/C22H16ClF3N4O4.C13H13N3O2.C9H5ClF3NO3.CH4/c1-27-19(31)18-8-6-15(11-28-18)34-14-4-2-3-12(9-14)29-20(32)21(33)30-13-5-7-17(23)16(10-13)22(24,25)26;1-15-13(17)12-6-5-11(8-16-12)18-10-4-2-3-9(14)7-10;10-6-2-1-4(14-7(15)8(16)17)3-5(6)9(11,12)13;/h2-11H,1H3,(H,27,31)(H,29,32)(H,30,33);2-8H,14H2,1H3,(H,15,17);1-3H,(H,14,15)(H,16,17);1H4. The minimum absolute atomic E-state index is 0. The van der Waals surface area contributed by atoms with Crippen LogP contribution in [0.25, 0.3) is 0 Å². The van der Waals surface area contributed by atoms with Crippen molar-refractivity contribution in [2.45, 2.75) is 19.8 Å². The van der Waals surface area contributed by atoms with E-state index in [9.17, 15) is 55.1 Å². The quantitative estimate of drug-likeness (QED) is 0.0406. The van der Waals surface area contributed by atoms with Crippen LogP contribution in [0.15, 0.2) is 122 Å². The van der Waals surface area contributed by atoms with E-state index in [0.29, 0.717) is 46.5 Å². The number of pyridine rings is 2. The number of carboxylic acid groups (broad SMARTS) is 1. The molecule has 6 aromatic rings. The van der Waals surface area contributed by atoms with E-state index in [2.05, 4.69) is 31.2 Å². The van der Waals surface area contributed by atoms with Gasteiger partial charge in [0.25, 0.3) is 11.8 Å². The van der Waals surface area contributed by atoms with Crippen LogP contribution in [-0.4, -0.2) is 64.7 Å². The maximum atomic E-state index is 13.0. The lowest BCUT2D eigenvalue weighted by Gasteiger charge is -2.12. The van der Waals surface area contributed by atoms with Gasteiger partial charge in [-0.1, -0.05) is 42.8 Å². The molecule has 6 rings (SSSR count). The predicted molar refractivity (Wildman–Crippen MR) is 246 cm³/mol. The summed E-state index contributed by atoms with van der Waals surface area (Å²) in [5, 5.41) is 18.3. The highest BCUT2D eigenvalue weighted by atomic mass is 35.5. The number of halogens is 8. The maximum absolute atomic E-state index is 13.0. The van der Waals surface area contributed by atoms with Crippen molar-refractivity contribution in [1.29, 1.82) is 0 Å². The van der Waals surface area contributed by atoms with E-state index in [0.717, 1.165) is 24.3 Å². The zero-order valence-corrected chi connectivity index (χ0v) is 36.8. The van der Waals surface area contributed by atoms with Gasteiger partial charge in [-0.25, -0.2) is 14.8 Å². The van der Waals surface area contributed by atoms with Gasteiger partial charge in [0.2, 0.25) is 0 Å². The number of hydrogen-bond acceptors (Lipinski definition) is 11. The fourth-order valence-corrected chi connectivity index (χ4v) is 5.54. The SMILES string of the molecule is C.CNC(=O)c1ccc(Oc2cccc(N)c2)cn1.CNC(=O)c1ccc(Oc2cccc(NC(=O)C(=O)Nc3ccc(Cl)c(C(F)(F)F)c3)c2)cn1.O=C(O)C(=O)Nc1ccc(Cl)c(C(F)(F)F)c1. The number of amides is 5. The summed E-state index contributed by atoms with van der Waals surface area (Å²) in [6, 6.07) is 24.7. The number of aliphatic carboxylic acids is 1. The van der Waals surface area contributed by atoms with E-state index in [-0.39, 0.29) is 42.0 Å². The molecule has 0 radical (unpaired) electrons. The first-order chi connectivity index (χ1) is 32.5. The molecular weight excluding hydrogens is 981 g/mol. The van der Waals surface area contributed by atoms with Gasteiger partial charge in [0, 0.05) is 49.0 Å². The highest BCUT2D eigenvalue weighted by Crippen LogP contribution is 2.37. The third kappa shape index (κ3) is 17.0. The number of nitrogens with one attached hydrogen (secondary N) is 5. The summed E-state index contributed by atoms with van der Waals surface area (Å²) in [5.41, 5.74) is 4.17. The molecule has 0 saturated carbocycles. The fourth-order valence-electron chi connectivity index (χ4n) is 5.09. The number of alkyl halides is 6. The number of nitrogens with two attached hydrogens (primary N) is 1. The zero-order chi connectivity index (χ0) is 51.1. The molecule has 8 N–H and O–H groups in total. The Kier molecular flexibility index (Phi) is 20.0. The summed E-state index contributed by atoms with van der Waals surface area (Å²) >= 11 is 10.9. The van der Waals surface area contributed by atoms with Gasteiger partial charge in [0.05, 0.1) is 33.6 Å². The molecule has 17 nitrogen and oxygen atoms in total. The molecule has 0 atom stereocenters. The van der Waals surface area contributed by atoms with Crippen molar-refractivity contribution < 1.29 is 69.7 Å². The summed E-state index contributed by atoms with van der Waals surface area (Å²) in [5.74, 6) is -4.33. The molecule has 0 aliphatic carbocycles. The minimum atomic E-state index is -4.72. The molecule has 0 spiro atoms. The normalized spacial score (nSPS) is 10.5. The predicted octanol–water partition coefficient (Wildman–Crippen LogP) is 9.32. The average molecular weight is 1020 g/mol. The van der Waals surface area contributed by atoms with Crippen molar-refractivity contribution in [3.63, 3.8) is 0 Å². The number of carbonyl (C=O) groups excluding carboxylic acids is 5. The molecule has 368 valence electrons. The average Bonchev–Trinajstić information content (AvgIpc) is 3.30. The number of carboxylic acids is 1. The molecule has 4 aromatic carbocycles. The Morgan fingerprint density at radius 1 is 0.543 bits per heavy atom. The van der Waals surface area contributed by atoms with E-state index in [1.807, 2.05) is 0 Å². The molecule has 2 aromatic heterocycles. The van der Waals surface area contributed by atoms with Crippen LogP contribution >= 0.6 is 23.2 Å². The monoisotopic (exact) mass is 1020 g/mol. The van der Waals surface area contributed by atoms with Gasteiger partial charge in [-0.3, -0.25) is 24.0 Å². The molecule has 0 unspecified atom stereocenters. The number of anilines is 4. The maximum Gasteiger partial charge on any atom is 0.417 e.